The van der Waals surface area contributed by atoms with Crippen LogP contribution in [0.25, 0.3) is 0 Å². The third-order valence-corrected chi connectivity index (χ3v) is 1.82. The summed E-state index contributed by atoms with van der Waals surface area (Å²) in [5, 5.41) is 4.57. The molecule has 0 saturated carbocycles. The number of furan rings is 1. The van der Waals surface area contributed by atoms with Crippen LogP contribution in [0.4, 0.5) is 4.79 Å². The highest BCUT2D eigenvalue weighted by Gasteiger charge is 2.32. The fourth-order valence-electron chi connectivity index (χ4n) is 1.23. The number of hydrogen-bond donors (Lipinski definition) is 2. The summed E-state index contributed by atoms with van der Waals surface area (Å²) in [5.74, 6) is 0.796. The van der Waals surface area contributed by atoms with Crippen molar-refractivity contribution in [3.8, 4) is 0 Å². The summed E-state index contributed by atoms with van der Waals surface area (Å²) < 4.78 is 5.21. The van der Waals surface area contributed by atoms with Gasteiger partial charge in [0.15, 0.2) is 6.04 Å². The summed E-state index contributed by atoms with van der Waals surface area (Å²) in [5.41, 5.74) is 0. The first-order valence-corrected chi connectivity index (χ1v) is 3.84. The third-order valence-electron chi connectivity index (χ3n) is 1.82. The molecule has 0 radical (unpaired) electrons. The van der Waals surface area contributed by atoms with Gasteiger partial charge in [0, 0.05) is 0 Å². The standard InChI is InChI=1S/C8H8N2O3/c1-4-2-3-5(13-4)6-7(11)10-8(12)9-6/h2-3,6H,1H3,(H2,9,10,11,12). The van der Waals surface area contributed by atoms with E-state index in [1.165, 1.54) is 0 Å². The zero-order chi connectivity index (χ0) is 9.42. The van der Waals surface area contributed by atoms with E-state index in [1.807, 2.05) is 0 Å². The van der Waals surface area contributed by atoms with E-state index in [0.29, 0.717) is 11.5 Å². The molecule has 1 saturated heterocycles. The molecule has 1 unspecified atom stereocenters. The van der Waals surface area contributed by atoms with Crippen LogP contribution in [-0.2, 0) is 4.79 Å². The van der Waals surface area contributed by atoms with Crippen LogP contribution in [0.3, 0.4) is 0 Å². The van der Waals surface area contributed by atoms with Crippen LogP contribution in [0.15, 0.2) is 16.5 Å². The molecule has 2 N–H and O–H groups in total. The Morgan fingerprint density at radius 1 is 1.38 bits per heavy atom. The zero-order valence-electron chi connectivity index (χ0n) is 6.96. The lowest BCUT2D eigenvalue weighted by atomic mass is 10.2. The van der Waals surface area contributed by atoms with Gasteiger partial charge in [0.05, 0.1) is 0 Å². The molecule has 5 nitrogen and oxygen atoms in total. The fourth-order valence-corrected chi connectivity index (χ4v) is 1.23. The highest BCUT2D eigenvalue weighted by atomic mass is 16.3. The van der Waals surface area contributed by atoms with E-state index in [9.17, 15) is 9.59 Å². The molecule has 5 heteroatoms. The van der Waals surface area contributed by atoms with Gasteiger partial charge < -0.3 is 9.73 Å². The normalized spacial score (nSPS) is 21.5. The third kappa shape index (κ3) is 1.28. The Morgan fingerprint density at radius 2 is 2.15 bits per heavy atom. The molecule has 1 aliphatic rings. The van der Waals surface area contributed by atoms with Crippen LogP contribution >= 0.6 is 0 Å². The van der Waals surface area contributed by atoms with Crippen molar-refractivity contribution in [2.75, 3.05) is 0 Å². The predicted octanol–water partition coefficient (Wildman–Crippen LogP) is 0.469. The van der Waals surface area contributed by atoms with E-state index >= 15 is 0 Å². The van der Waals surface area contributed by atoms with Gasteiger partial charge in [-0.1, -0.05) is 0 Å². The first-order valence-electron chi connectivity index (χ1n) is 3.84. The van der Waals surface area contributed by atoms with E-state index in [4.69, 9.17) is 4.42 Å². The van der Waals surface area contributed by atoms with E-state index in [2.05, 4.69) is 10.6 Å². The molecule has 0 aliphatic carbocycles. The van der Waals surface area contributed by atoms with E-state index in [0.717, 1.165) is 0 Å². The van der Waals surface area contributed by atoms with Crippen molar-refractivity contribution in [2.24, 2.45) is 0 Å². The van der Waals surface area contributed by atoms with Crippen LogP contribution in [0, 0.1) is 6.92 Å². The van der Waals surface area contributed by atoms with Crippen molar-refractivity contribution in [3.63, 3.8) is 0 Å². The number of hydrogen-bond acceptors (Lipinski definition) is 3. The average molecular weight is 180 g/mol. The maximum Gasteiger partial charge on any atom is 0.322 e. The number of nitrogens with one attached hydrogen (secondary N) is 2. The van der Waals surface area contributed by atoms with Crippen LogP contribution < -0.4 is 10.6 Å². The number of carbonyl (C=O) groups is 2. The number of carbonyl (C=O) groups excluding carboxylic acids is 2. The zero-order valence-corrected chi connectivity index (χ0v) is 6.96. The highest BCUT2D eigenvalue weighted by Crippen LogP contribution is 2.18. The van der Waals surface area contributed by atoms with Gasteiger partial charge in [0.25, 0.3) is 5.91 Å². The van der Waals surface area contributed by atoms with E-state index in [-0.39, 0.29) is 5.91 Å². The molecule has 1 atom stereocenters. The lowest BCUT2D eigenvalue weighted by Gasteiger charge is -2.01. The Labute approximate surface area is 74.1 Å². The molecule has 1 aromatic rings. The van der Waals surface area contributed by atoms with Gasteiger partial charge in [0.1, 0.15) is 11.5 Å². The van der Waals surface area contributed by atoms with Gasteiger partial charge in [0.2, 0.25) is 0 Å². The van der Waals surface area contributed by atoms with Crippen molar-refractivity contribution in [1.29, 1.82) is 0 Å². The molecule has 1 aromatic heterocycles. The molecule has 2 heterocycles. The number of imide groups is 1. The lowest BCUT2D eigenvalue weighted by molar-refractivity contribution is -0.120. The summed E-state index contributed by atoms with van der Waals surface area (Å²) in [6.07, 6.45) is 0. The summed E-state index contributed by atoms with van der Waals surface area (Å²) >= 11 is 0. The van der Waals surface area contributed by atoms with Crippen molar-refractivity contribution in [2.45, 2.75) is 13.0 Å². The minimum absolute atomic E-state index is 0.376. The van der Waals surface area contributed by atoms with Gasteiger partial charge in [-0.05, 0) is 19.1 Å². The van der Waals surface area contributed by atoms with E-state index < -0.39 is 12.1 Å². The maximum atomic E-state index is 11.1. The summed E-state index contributed by atoms with van der Waals surface area (Å²) in [4.78, 5) is 21.9. The molecule has 0 aromatic carbocycles. The summed E-state index contributed by atoms with van der Waals surface area (Å²) in [6, 6.07) is 2.25. The number of rotatable bonds is 1. The largest absolute Gasteiger partial charge is 0.464 e. The number of aryl methyl sites for hydroxylation is 1. The van der Waals surface area contributed by atoms with Gasteiger partial charge >= 0.3 is 6.03 Å². The second kappa shape index (κ2) is 2.62. The van der Waals surface area contributed by atoms with Crippen LogP contribution in [0.2, 0.25) is 0 Å². The van der Waals surface area contributed by atoms with Crippen molar-refractivity contribution in [3.05, 3.63) is 23.7 Å². The quantitative estimate of drug-likeness (QED) is 0.617. The minimum atomic E-state index is -0.679. The number of urea groups is 1. The monoisotopic (exact) mass is 180 g/mol. The van der Waals surface area contributed by atoms with Gasteiger partial charge in [-0.25, -0.2) is 4.79 Å². The van der Waals surface area contributed by atoms with Crippen LogP contribution in [-0.4, -0.2) is 11.9 Å². The van der Waals surface area contributed by atoms with Crippen molar-refractivity contribution < 1.29 is 14.0 Å². The molecular formula is C8H8N2O3. The van der Waals surface area contributed by atoms with Crippen molar-refractivity contribution in [1.82, 2.24) is 10.6 Å². The Bertz CT molecular complexity index is 369. The lowest BCUT2D eigenvalue weighted by Crippen LogP contribution is -2.22. The van der Waals surface area contributed by atoms with Gasteiger partial charge in [-0.3, -0.25) is 10.1 Å². The molecule has 2 rings (SSSR count). The average Bonchev–Trinajstić information content (AvgIpc) is 2.58. The fraction of sp³-hybridized carbons (Fsp3) is 0.250. The Balaban J connectivity index is 2.27. The molecular weight excluding hydrogens is 172 g/mol. The Hall–Kier alpha value is -1.78. The van der Waals surface area contributed by atoms with Crippen molar-refractivity contribution >= 4 is 11.9 Å². The number of amides is 3. The molecule has 1 fully saturated rings. The van der Waals surface area contributed by atoms with Gasteiger partial charge in [-0.15, -0.1) is 0 Å². The Morgan fingerprint density at radius 3 is 2.62 bits per heavy atom. The maximum absolute atomic E-state index is 11.1. The molecule has 0 bridgehead atoms. The highest BCUT2D eigenvalue weighted by molar-refractivity contribution is 6.04. The second-order valence-electron chi connectivity index (χ2n) is 2.84. The smallest absolute Gasteiger partial charge is 0.322 e. The van der Waals surface area contributed by atoms with Gasteiger partial charge in [-0.2, -0.15) is 0 Å². The first kappa shape index (κ1) is 7.85. The molecule has 1 aliphatic heterocycles. The first-order chi connectivity index (χ1) is 6.16. The molecule has 0 spiro atoms. The predicted molar refractivity (Wildman–Crippen MR) is 42.9 cm³/mol. The second-order valence-corrected chi connectivity index (χ2v) is 2.84. The van der Waals surface area contributed by atoms with Crippen LogP contribution in [0.5, 0.6) is 0 Å². The molecule has 13 heavy (non-hydrogen) atoms. The summed E-state index contributed by atoms with van der Waals surface area (Å²) in [7, 11) is 0. The van der Waals surface area contributed by atoms with E-state index in [1.54, 1.807) is 19.1 Å². The SMILES string of the molecule is Cc1ccc(C2NC(=O)NC2=O)o1. The molecule has 3 amide bonds. The summed E-state index contributed by atoms with van der Waals surface area (Å²) in [6.45, 7) is 1.78. The van der Waals surface area contributed by atoms with Crippen LogP contribution in [0.1, 0.15) is 17.6 Å². The topological polar surface area (TPSA) is 71.3 Å². The Kier molecular flexibility index (Phi) is 1.58. The molecule has 68 valence electrons. The minimum Gasteiger partial charge on any atom is -0.464 e.